The van der Waals surface area contributed by atoms with Crippen molar-refractivity contribution in [2.75, 3.05) is 38.8 Å². The Morgan fingerprint density at radius 1 is 1.15 bits per heavy atom. The average Bonchev–Trinajstić information content (AvgIpc) is 3.15. The standard InChI is InChI=1S/C23H27ClN2O6S/c1-14-11-15(24)7-8-17(14)31-13-20(28)32-12-19(27)26-23-21(22(29)25-9-10-30-2)16-5-3-4-6-18(16)33-23/h7-8,11H,3-6,9-10,12-13H2,1-2H3,(H,25,29)(H,26,27). The summed E-state index contributed by atoms with van der Waals surface area (Å²) >= 11 is 7.31. The van der Waals surface area contributed by atoms with E-state index in [4.69, 9.17) is 25.8 Å². The third-order valence-electron chi connectivity index (χ3n) is 5.09. The summed E-state index contributed by atoms with van der Waals surface area (Å²) in [7, 11) is 1.56. The van der Waals surface area contributed by atoms with E-state index in [0.717, 1.165) is 41.7 Å². The van der Waals surface area contributed by atoms with Gasteiger partial charge in [0.2, 0.25) is 0 Å². The van der Waals surface area contributed by atoms with Gasteiger partial charge in [-0.2, -0.15) is 0 Å². The molecule has 1 aliphatic rings. The molecule has 178 valence electrons. The van der Waals surface area contributed by atoms with Crippen LogP contribution in [0.4, 0.5) is 5.00 Å². The van der Waals surface area contributed by atoms with Crippen molar-refractivity contribution in [1.82, 2.24) is 5.32 Å². The van der Waals surface area contributed by atoms with Gasteiger partial charge in [0.05, 0.1) is 12.2 Å². The molecule has 3 rings (SSSR count). The summed E-state index contributed by atoms with van der Waals surface area (Å²) in [6.45, 7) is 1.76. The molecule has 10 heteroatoms. The highest BCUT2D eigenvalue weighted by Crippen LogP contribution is 2.38. The minimum atomic E-state index is -0.678. The highest BCUT2D eigenvalue weighted by atomic mass is 35.5. The second-order valence-electron chi connectivity index (χ2n) is 7.57. The van der Waals surface area contributed by atoms with Gasteiger partial charge < -0.3 is 24.8 Å². The topological polar surface area (TPSA) is 103 Å². The van der Waals surface area contributed by atoms with Crippen LogP contribution in [0.3, 0.4) is 0 Å². The summed E-state index contributed by atoms with van der Waals surface area (Å²) in [5, 5.41) is 6.61. The van der Waals surface area contributed by atoms with E-state index in [0.29, 0.717) is 34.5 Å². The molecule has 1 heterocycles. The SMILES string of the molecule is COCCNC(=O)c1c(NC(=O)COC(=O)COc2ccc(Cl)cc2C)sc2c1CCCC2. The zero-order valence-corrected chi connectivity index (χ0v) is 20.2. The zero-order valence-electron chi connectivity index (χ0n) is 18.6. The van der Waals surface area contributed by atoms with Crippen molar-refractivity contribution >= 4 is 45.7 Å². The van der Waals surface area contributed by atoms with Gasteiger partial charge in [0.1, 0.15) is 10.8 Å². The summed E-state index contributed by atoms with van der Waals surface area (Å²) in [6, 6.07) is 5.04. The fraction of sp³-hybridized carbons (Fsp3) is 0.435. The van der Waals surface area contributed by atoms with Gasteiger partial charge in [-0.25, -0.2) is 4.79 Å². The summed E-state index contributed by atoms with van der Waals surface area (Å²) in [5.41, 5.74) is 2.26. The van der Waals surface area contributed by atoms with Gasteiger partial charge in [-0.3, -0.25) is 9.59 Å². The Hall–Kier alpha value is -2.62. The molecule has 1 aliphatic carbocycles. The lowest BCUT2D eigenvalue weighted by molar-refractivity contribution is -0.149. The van der Waals surface area contributed by atoms with E-state index in [2.05, 4.69) is 10.6 Å². The highest BCUT2D eigenvalue weighted by Gasteiger charge is 2.26. The van der Waals surface area contributed by atoms with Crippen molar-refractivity contribution in [1.29, 1.82) is 0 Å². The molecule has 0 radical (unpaired) electrons. The molecule has 0 fully saturated rings. The Kier molecular flexibility index (Phi) is 9.11. The van der Waals surface area contributed by atoms with E-state index in [1.165, 1.54) is 11.3 Å². The number of anilines is 1. The maximum atomic E-state index is 12.8. The largest absolute Gasteiger partial charge is 0.482 e. The van der Waals surface area contributed by atoms with E-state index in [9.17, 15) is 14.4 Å². The van der Waals surface area contributed by atoms with Gasteiger partial charge in [0, 0.05) is 23.6 Å². The number of carbonyl (C=O) groups excluding carboxylic acids is 3. The minimum absolute atomic E-state index is 0.245. The minimum Gasteiger partial charge on any atom is -0.482 e. The summed E-state index contributed by atoms with van der Waals surface area (Å²) < 4.78 is 15.4. The van der Waals surface area contributed by atoms with Crippen molar-refractivity contribution in [2.45, 2.75) is 32.6 Å². The molecular formula is C23H27ClN2O6S. The molecule has 0 bridgehead atoms. The lowest BCUT2D eigenvalue weighted by Gasteiger charge is -2.13. The monoisotopic (exact) mass is 494 g/mol. The van der Waals surface area contributed by atoms with Crippen LogP contribution < -0.4 is 15.4 Å². The normalized spacial score (nSPS) is 12.6. The Morgan fingerprint density at radius 2 is 1.94 bits per heavy atom. The number of carbonyl (C=O) groups is 3. The van der Waals surface area contributed by atoms with Crippen molar-refractivity contribution in [3.63, 3.8) is 0 Å². The number of benzene rings is 1. The first-order valence-electron chi connectivity index (χ1n) is 10.6. The second kappa shape index (κ2) is 12.0. The quantitative estimate of drug-likeness (QED) is 0.387. The van der Waals surface area contributed by atoms with Crippen LogP contribution in [0.15, 0.2) is 18.2 Å². The fourth-order valence-corrected chi connectivity index (χ4v) is 5.04. The molecule has 0 atom stereocenters. The van der Waals surface area contributed by atoms with E-state index >= 15 is 0 Å². The summed E-state index contributed by atoms with van der Waals surface area (Å²) in [6.07, 6.45) is 3.73. The predicted octanol–water partition coefficient (Wildman–Crippen LogP) is 3.53. The number of ether oxygens (including phenoxy) is 3. The number of aryl methyl sites for hydroxylation is 2. The smallest absolute Gasteiger partial charge is 0.344 e. The van der Waals surface area contributed by atoms with Crippen LogP contribution in [0.1, 0.15) is 39.2 Å². The maximum absolute atomic E-state index is 12.8. The number of amides is 2. The highest BCUT2D eigenvalue weighted by molar-refractivity contribution is 7.17. The lowest BCUT2D eigenvalue weighted by Crippen LogP contribution is -2.29. The number of methoxy groups -OCH3 is 1. The molecule has 33 heavy (non-hydrogen) atoms. The van der Waals surface area contributed by atoms with Gasteiger partial charge in [0.15, 0.2) is 13.2 Å². The molecular weight excluding hydrogens is 468 g/mol. The fourth-order valence-electron chi connectivity index (χ4n) is 3.51. The van der Waals surface area contributed by atoms with Gasteiger partial charge >= 0.3 is 5.97 Å². The first-order chi connectivity index (χ1) is 15.9. The molecule has 0 spiro atoms. The molecule has 0 saturated carbocycles. The Bertz CT molecular complexity index is 1020. The van der Waals surface area contributed by atoms with Crippen LogP contribution in [0, 0.1) is 6.92 Å². The molecule has 2 N–H and O–H groups in total. The van der Waals surface area contributed by atoms with Crippen molar-refractivity contribution < 1.29 is 28.6 Å². The lowest BCUT2D eigenvalue weighted by atomic mass is 9.95. The van der Waals surface area contributed by atoms with E-state index in [1.54, 1.807) is 25.3 Å². The molecule has 0 unspecified atom stereocenters. The number of hydrogen-bond acceptors (Lipinski definition) is 7. The number of fused-ring (bicyclic) bond motifs is 1. The number of halogens is 1. The molecule has 1 aromatic heterocycles. The van der Waals surface area contributed by atoms with Crippen molar-refractivity contribution in [3.05, 3.63) is 44.8 Å². The molecule has 1 aromatic carbocycles. The third kappa shape index (κ3) is 6.93. The van der Waals surface area contributed by atoms with Crippen molar-refractivity contribution in [2.24, 2.45) is 0 Å². The van der Waals surface area contributed by atoms with Crippen molar-refractivity contribution in [3.8, 4) is 5.75 Å². The molecule has 8 nitrogen and oxygen atoms in total. The molecule has 0 saturated heterocycles. The Labute approximate surface area is 201 Å². The Balaban J connectivity index is 1.56. The second-order valence-corrected chi connectivity index (χ2v) is 9.11. The number of thiophene rings is 1. The van der Waals surface area contributed by atoms with Crippen LogP contribution in [0.5, 0.6) is 5.75 Å². The Morgan fingerprint density at radius 3 is 2.70 bits per heavy atom. The van der Waals surface area contributed by atoms with E-state index < -0.39 is 18.5 Å². The summed E-state index contributed by atoms with van der Waals surface area (Å²) in [4.78, 5) is 38.3. The first kappa shape index (κ1) is 25.0. The van der Waals surface area contributed by atoms with Gasteiger partial charge in [-0.15, -0.1) is 11.3 Å². The third-order valence-corrected chi connectivity index (χ3v) is 6.53. The number of nitrogens with one attached hydrogen (secondary N) is 2. The average molecular weight is 495 g/mol. The molecule has 0 aliphatic heterocycles. The first-order valence-corrected chi connectivity index (χ1v) is 11.8. The van der Waals surface area contributed by atoms with Crippen LogP contribution in [0.2, 0.25) is 5.02 Å². The predicted molar refractivity (Wildman–Crippen MR) is 126 cm³/mol. The van der Waals surface area contributed by atoms with Gasteiger partial charge in [0.25, 0.3) is 11.8 Å². The van der Waals surface area contributed by atoms with Gasteiger partial charge in [-0.05, 0) is 61.9 Å². The number of esters is 1. The molecule has 2 amide bonds. The van der Waals surface area contributed by atoms with Crippen LogP contribution >= 0.6 is 22.9 Å². The number of hydrogen-bond donors (Lipinski definition) is 2. The van der Waals surface area contributed by atoms with E-state index in [-0.39, 0.29) is 12.5 Å². The van der Waals surface area contributed by atoms with Crippen LogP contribution in [0.25, 0.3) is 0 Å². The summed E-state index contributed by atoms with van der Waals surface area (Å²) in [5.74, 6) is -0.933. The van der Waals surface area contributed by atoms with Crippen LogP contribution in [-0.2, 0) is 31.9 Å². The molecule has 2 aromatic rings. The van der Waals surface area contributed by atoms with Crippen LogP contribution in [-0.4, -0.2) is 51.3 Å². The van der Waals surface area contributed by atoms with Gasteiger partial charge in [-0.1, -0.05) is 11.6 Å². The maximum Gasteiger partial charge on any atom is 0.344 e. The number of rotatable bonds is 10. The zero-order chi connectivity index (χ0) is 23.8. The van der Waals surface area contributed by atoms with E-state index in [1.807, 2.05) is 6.92 Å².